The van der Waals surface area contributed by atoms with Gasteiger partial charge in [0.2, 0.25) is 0 Å². The van der Waals surface area contributed by atoms with Crippen LogP contribution in [0.15, 0.2) is 29.1 Å². The smallest absolute Gasteiger partial charge is 0.266 e. The summed E-state index contributed by atoms with van der Waals surface area (Å²) >= 11 is 0. The fraction of sp³-hybridized carbons (Fsp3) is 0.458. The lowest BCUT2D eigenvalue weighted by Crippen LogP contribution is -2.39. The number of anilines is 1. The average molecular weight is 476 g/mol. The molecule has 0 unspecified atom stereocenters. The molecule has 2 heterocycles. The van der Waals surface area contributed by atoms with E-state index in [4.69, 9.17) is 0 Å². The van der Waals surface area contributed by atoms with Crippen molar-refractivity contribution in [2.45, 2.75) is 63.7 Å². The molecule has 2 aromatic heterocycles. The van der Waals surface area contributed by atoms with Gasteiger partial charge in [0.05, 0.1) is 28.7 Å². The Morgan fingerprint density at radius 1 is 1.21 bits per heavy atom. The summed E-state index contributed by atoms with van der Waals surface area (Å²) in [4.78, 5) is 21.9. The highest BCUT2D eigenvalue weighted by Crippen LogP contribution is 2.37. The van der Waals surface area contributed by atoms with Gasteiger partial charge in [-0.15, -0.1) is 0 Å². The molecule has 0 spiro atoms. The van der Waals surface area contributed by atoms with Crippen LogP contribution >= 0.6 is 0 Å². The fourth-order valence-corrected chi connectivity index (χ4v) is 4.59. The number of benzene rings is 1. The zero-order chi connectivity index (χ0) is 24.8. The lowest BCUT2D eigenvalue weighted by atomic mass is 9.79. The molecule has 1 aliphatic rings. The molecule has 1 aromatic carbocycles. The molecule has 10 heteroatoms. The van der Waals surface area contributed by atoms with E-state index in [1.807, 2.05) is 0 Å². The van der Waals surface area contributed by atoms with Gasteiger partial charge < -0.3 is 15.5 Å². The summed E-state index contributed by atoms with van der Waals surface area (Å²) < 4.78 is 42.4. The van der Waals surface area contributed by atoms with E-state index < -0.39 is 41.1 Å². The van der Waals surface area contributed by atoms with Crippen molar-refractivity contribution in [1.82, 2.24) is 14.5 Å². The van der Waals surface area contributed by atoms with Crippen LogP contribution in [0.4, 0.5) is 19.0 Å². The maximum absolute atomic E-state index is 14.7. The van der Waals surface area contributed by atoms with Gasteiger partial charge in [-0.2, -0.15) is 0 Å². The van der Waals surface area contributed by atoms with E-state index in [1.165, 1.54) is 22.8 Å². The van der Waals surface area contributed by atoms with Crippen molar-refractivity contribution in [3.05, 3.63) is 63.0 Å². The number of aromatic nitrogens is 3. The summed E-state index contributed by atoms with van der Waals surface area (Å²) in [6.45, 7) is 3.26. The van der Waals surface area contributed by atoms with Gasteiger partial charge in [0.1, 0.15) is 23.1 Å². The molecular weight excluding hydrogens is 449 g/mol. The third-order valence-corrected chi connectivity index (χ3v) is 6.58. The Bertz CT molecular complexity index is 1290. The van der Waals surface area contributed by atoms with Gasteiger partial charge in [0.25, 0.3) is 12.0 Å². The van der Waals surface area contributed by atoms with Gasteiger partial charge >= 0.3 is 0 Å². The molecule has 1 saturated carbocycles. The molecule has 3 aromatic rings. The number of fused-ring (bicyclic) bond motifs is 1. The van der Waals surface area contributed by atoms with Crippen LogP contribution in [-0.4, -0.2) is 30.9 Å². The fourth-order valence-electron chi connectivity index (χ4n) is 4.59. The number of aliphatic hydroxyl groups is 2. The second-order valence-electron chi connectivity index (χ2n) is 8.96. The zero-order valence-electron chi connectivity index (χ0n) is 19.1. The Labute approximate surface area is 194 Å². The molecular formula is C24H27F3N4O3. The molecule has 0 bridgehead atoms. The Kier molecular flexibility index (Phi) is 6.39. The summed E-state index contributed by atoms with van der Waals surface area (Å²) in [5, 5.41) is 24.6. The predicted octanol–water partition coefficient (Wildman–Crippen LogP) is 4.01. The predicted molar refractivity (Wildman–Crippen MR) is 121 cm³/mol. The lowest BCUT2D eigenvalue weighted by molar-refractivity contribution is -0.0371. The summed E-state index contributed by atoms with van der Waals surface area (Å²) in [5.41, 5.74) is -1.96. The van der Waals surface area contributed by atoms with Crippen LogP contribution in [0.25, 0.3) is 11.0 Å². The van der Waals surface area contributed by atoms with E-state index in [0.29, 0.717) is 29.7 Å². The van der Waals surface area contributed by atoms with Gasteiger partial charge in [-0.3, -0.25) is 9.36 Å². The third kappa shape index (κ3) is 4.27. The van der Waals surface area contributed by atoms with Crippen molar-refractivity contribution >= 4 is 16.9 Å². The van der Waals surface area contributed by atoms with Crippen LogP contribution < -0.4 is 10.9 Å². The van der Waals surface area contributed by atoms with E-state index in [-0.39, 0.29) is 29.8 Å². The van der Waals surface area contributed by atoms with E-state index in [2.05, 4.69) is 15.3 Å². The largest absolute Gasteiger partial charge is 0.393 e. The van der Waals surface area contributed by atoms with E-state index in [9.17, 15) is 28.2 Å². The number of aliphatic hydroxyl groups excluding tert-OH is 1. The zero-order valence-corrected chi connectivity index (χ0v) is 19.1. The van der Waals surface area contributed by atoms with Crippen LogP contribution in [0.2, 0.25) is 0 Å². The standard InChI is InChI=1S/C24H27F3N4O3/c1-12(15-5-4-6-16(19(15)25)20(26)27)28-21-17-11-18(24(34)9-7-14(32)8-10-24)23(33)31(3)22(17)30-13(2)29-21/h4-6,11-12,14,20,32,34H,7-10H2,1-3H3,(H,28,29,30)/t12-,14-,24-/m1/s1. The lowest BCUT2D eigenvalue weighted by Gasteiger charge is -2.34. The average Bonchev–Trinajstić information content (AvgIpc) is 2.78. The maximum Gasteiger partial charge on any atom is 0.266 e. The third-order valence-electron chi connectivity index (χ3n) is 6.58. The number of hydrogen-bond acceptors (Lipinski definition) is 6. The number of nitrogens with zero attached hydrogens (tertiary/aromatic N) is 3. The first-order chi connectivity index (χ1) is 16.0. The van der Waals surface area contributed by atoms with E-state index in [0.717, 1.165) is 6.07 Å². The quantitative estimate of drug-likeness (QED) is 0.515. The minimum atomic E-state index is -2.94. The van der Waals surface area contributed by atoms with Crippen LogP contribution in [0.3, 0.4) is 0 Å². The van der Waals surface area contributed by atoms with Crippen molar-refractivity contribution in [3.8, 4) is 0 Å². The van der Waals surface area contributed by atoms with Crippen LogP contribution in [0.5, 0.6) is 0 Å². The molecule has 1 atom stereocenters. The summed E-state index contributed by atoms with van der Waals surface area (Å²) in [5.74, 6) is -0.352. The first-order valence-electron chi connectivity index (χ1n) is 11.1. The summed E-state index contributed by atoms with van der Waals surface area (Å²) in [6.07, 6.45) is -2.28. The van der Waals surface area contributed by atoms with Gasteiger partial charge in [-0.1, -0.05) is 18.2 Å². The highest BCUT2D eigenvalue weighted by Gasteiger charge is 2.37. The van der Waals surface area contributed by atoms with Crippen molar-refractivity contribution in [1.29, 1.82) is 0 Å². The SMILES string of the molecule is Cc1nc(N[C@H](C)c2cccc(C(F)F)c2F)c2cc([C@]3(O)CC[C@H](O)CC3)c(=O)n(C)c2n1. The highest BCUT2D eigenvalue weighted by molar-refractivity contribution is 5.87. The molecule has 0 amide bonds. The maximum atomic E-state index is 14.7. The molecule has 0 aliphatic heterocycles. The first kappa shape index (κ1) is 24.2. The van der Waals surface area contributed by atoms with Crippen LogP contribution in [0.1, 0.15) is 67.6 Å². The number of pyridine rings is 1. The van der Waals surface area contributed by atoms with Crippen LogP contribution in [-0.2, 0) is 12.6 Å². The number of nitrogens with one attached hydrogen (secondary N) is 1. The summed E-state index contributed by atoms with van der Waals surface area (Å²) in [7, 11) is 1.54. The van der Waals surface area contributed by atoms with E-state index in [1.54, 1.807) is 20.9 Å². The molecule has 3 N–H and O–H groups in total. The second kappa shape index (κ2) is 8.99. The highest BCUT2D eigenvalue weighted by atomic mass is 19.3. The minimum absolute atomic E-state index is 0.0483. The number of rotatable bonds is 5. The topological polar surface area (TPSA) is 100 Å². The van der Waals surface area contributed by atoms with Gasteiger partial charge in [0, 0.05) is 18.2 Å². The Morgan fingerprint density at radius 2 is 1.85 bits per heavy atom. The molecule has 1 fully saturated rings. The molecule has 7 nitrogen and oxygen atoms in total. The number of halogens is 3. The molecule has 182 valence electrons. The molecule has 1 aliphatic carbocycles. The van der Waals surface area contributed by atoms with Gasteiger partial charge in [-0.25, -0.2) is 23.1 Å². The van der Waals surface area contributed by atoms with Crippen molar-refractivity contribution in [2.75, 3.05) is 5.32 Å². The second-order valence-corrected chi connectivity index (χ2v) is 8.96. The molecule has 34 heavy (non-hydrogen) atoms. The monoisotopic (exact) mass is 476 g/mol. The number of alkyl halides is 2. The van der Waals surface area contributed by atoms with Gasteiger partial charge in [0.15, 0.2) is 0 Å². The van der Waals surface area contributed by atoms with Gasteiger partial charge in [-0.05, 0) is 45.6 Å². The van der Waals surface area contributed by atoms with Crippen molar-refractivity contribution in [2.24, 2.45) is 7.05 Å². The normalized spacial score (nSPS) is 21.7. The van der Waals surface area contributed by atoms with E-state index >= 15 is 0 Å². The van der Waals surface area contributed by atoms with Crippen LogP contribution in [0, 0.1) is 12.7 Å². The first-order valence-corrected chi connectivity index (χ1v) is 11.1. The molecule has 0 saturated heterocycles. The minimum Gasteiger partial charge on any atom is -0.393 e. The molecule has 4 rings (SSSR count). The Hall–Kier alpha value is -2.98. The number of hydrogen-bond donors (Lipinski definition) is 3. The Morgan fingerprint density at radius 3 is 2.50 bits per heavy atom. The summed E-state index contributed by atoms with van der Waals surface area (Å²) in [6, 6.07) is 4.65. The molecule has 0 radical (unpaired) electrons. The van der Waals surface area contributed by atoms with Crippen molar-refractivity contribution < 1.29 is 23.4 Å². The Balaban J connectivity index is 1.82. The van der Waals surface area contributed by atoms with Crippen molar-refractivity contribution in [3.63, 3.8) is 0 Å². The number of aryl methyl sites for hydroxylation is 2.